The van der Waals surface area contributed by atoms with Gasteiger partial charge in [-0.1, -0.05) is 0 Å². The first-order valence-corrected chi connectivity index (χ1v) is 3.22. The minimum Gasteiger partial charge on any atom is -0.392 e. The fourth-order valence-corrected chi connectivity index (χ4v) is 0.555. The molecule has 0 fully saturated rings. The van der Waals surface area contributed by atoms with Crippen LogP contribution in [-0.4, -0.2) is 29.6 Å². The van der Waals surface area contributed by atoms with Crippen LogP contribution in [0.4, 0.5) is 0 Å². The Balaban J connectivity index is 3.56. The van der Waals surface area contributed by atoms with Crippen molar-refractivity contribution in [3.05, 3.63) is 0 Å². The second-order valence-corrected chi connectivity index (χ2v) is 2.34. The van der Waals surface area contributed by atoms with Crippen molar-refractivity contribution in [3.8, 4) is 0 Å². The summed E-state index contributed by atoms with van der Waals surface area (Å²) in [5, 5.41) is 8.92. The van der Waals surface area contributed by atoms with Crippen LogP contribution in [0.15, 0.2) is 0 Å². The summed E-state index contributed by atoms with van der Waals surface area (Å²) in [6.07, 6.45) is -0.398. The van der Waals surface area contributed by atoms with Gasteiger partial charge in [0.15, 0.2) is 0 Å². The number of hydrogen-bond donors (Lipinski definition) is 3. The van der Waals surface area contributed by atoms with Gasteiger partial charge in [0.25, 0.3) is 0 Å². The summed E-state index contributed by atoms with van der Waals surface area (Å²) >= 11 is 0. The van der Waals surface area contributed by atoms with Crippen molar-refractivity contribution in [2.45, 2.75) is 25.5 Å². The number of aliphatic hydroxyl groups is 1. The highest BCUT2D eigenvalue weighted by atomic mass is 16.3. The molecule has 0 aliphatic carbocycles. The van der Waals surface area contributed by atoms with Gasteiger partial charge in [0, 0.05) is 6.54 Å². The molecule has 0 bridgehead atoms. The van der Waals surface area contributed by atoms with Crippen molar-refractivity contribution in [1.29, 1.82) is 0 Å². The summed E-state index contributed by atoms with van der Waals surface area (Å²) < 4.78 is 0. The summed E-state index contributed by atoms with van der Waals surface area (Å²) in [7, 11) is 0. The van der Waals surface area contributed by atoms with Crippen LogP contribution < -0.4 is 11.5 Å². The van der Waals surface area contributed by atoms with E-state index in [0.717, 1.165) is 0 Å². The number of ketones is 1. The van der Waals surface area contributed by atoms with E-state index in [2.05, 4.69) is 0 Å². The largest absolute Gasteiger partial charge is 0.392 e. The minimum atomic E-state index is -0.654. The van der Waals surface area contributed by atoms with Crippen molar-refractivity contribution in [1.82, 2.24) is 0 Å². The molecule has 4 nitrogen and oxygen atoms in total. The zero-order valence-corrected chi connectivity index (χ0v) is 6.08. The van der Waals surface area contributed by atoms with Gasteiger partial charge >= 0.3 is 0 Å². The summed E-state index contributed by atoms with van der Waals surface area (Å²) in [5.74, 6) is -0.118. The van der Waals surface area contributed by atoms with Crippen LogP contribution >= 0.6 is 0 Å². The van der Waals surface area contributed by atoms with Crippen LogP contribution in [-0.2, 0) is 4.79 Å². The van der Waals surface area contributed by atoms with Crippen LogP contribution in [0, 0.1) is 0 Å². The maximum Gasteiger partial charge on any atom is 0.146 e. The first kappa shape index (κ1) is 9.55. The van der Waals surface area contributed by atoms with Gasteiger partial charge in [-0.05, 0) is 13.3 Å². The first-order valence-electron chi connectivity index (χ1n) is 3.22. The molecule has 0 heterocycles. The molecule has 0 saturated carbocycles. The average molecular weight is 146 g/mol. The third-order valence-electron chi connectivity index (χ3n) is 1.32. The normalized spacial score (nSPS) is 16.4. The number of nitrogens with two attached hydrogens (primary N) is 2. The van der Waals surface area contributed by atoms with Gasteiger partial charge in [-0.3, -0.25) is 4.79 Å². The molecular weight excluding hydrogens is 132 g/mol. The number of Topliss-reactive ketones (excluding diaryl/α,β-unsaturated/α-hetero) is 1. The number of carbonyl (C=O) groups is 1. The standard InChI is InChI=1S/C6H14N2O2/c1-4(9)6(8)2-5(10)3-7/h5-6,10H,2-3,7-8H2,1H3. The van der Waals surface area contributed by atoms with Crippen molar-refractivity contribution >= 4 is 5.78 Å². The minimum absolute atomic E-state index is 0.118. The van der Waals surface area contributed by atoms with E-state index in [0.29, 0.717) is 0 Å². The van der Waals surface area contributed by atoms with Crippen LogP contribution in [0.1, 0.15) is 13.3 Å². The molecule has 2 unspecified atom stereocenters. The van der Waals surface area contributed by atoms with E-state index in [1.807, 2.05) is 0 Å². The molecule has 0 aliphatic heterocycles. The molecule has 60 valence electrons. The van der Waals surface area contributed by atoms with Crippen LogP contribution in [0.25, 0.3) is 0 Å². The van der Waals surface area contributed by atoms with Crippen molar-refractivity contribution in [2.75, 3.05) is 6.54 Å². The zero-order valence-electron chi connectivity index (χ0n) is 6.08. The summed E-state index contributed by atoms with van der Waals surface area (Å²) in [5.41, 5.74) is 10.4. The molecular formula is C6H14N2O2. The van der Waals surface area contributed by atoms with Crippen molar-refractivity contribution in [3.63, 3.8) is 0 Å². The molecule has 0 amide bonds. The number of rotatable bonds is 4. The fourth-order valence-electron chi connectivity index (χ4n) is 0.555. The van der Waals surface area contributed by atoms with Gasteiger partial charge in [0.1, 0.15) is 5.78 Å². The maximum atomic E-state index is 10.5. The molecule has 0 spiro atoms. The Morgan fingerprint density at radius 2 is 2.20 bits per heavy atom. The number of aliphatic hydroxyl groups excluding tert-OH is 1. The fraction of sp³-hybridized carbons (Fsp3) is 0.833. The lowest BCUT2D eigenvalue weighted by Gasteiger charge is -2.11. The summed E-state index contributed by atoms with van der Waals surface area (Å²) in [6.45, 7) is 1.55. The Morgan fingerprint density at radius 1 is 1.70 bits per heavy atom. The lowest BCUT2D eigenvalue weighted by molar-refractivity contribution is -0.118. The Morgan fingerprint density at radius 3 is 2.50 bits per heavy atom. The molecule has 0 radical (unpaired) electrons. The third-order valence-corrected chi connectivity index (χ3v) is 1.32. The molecule has 0 aromatic heterocycles. The SMILES string of the molecule is CC(=O)C(N)CC(O)CN. The van der Waals surface area contributed by atoms with Gasteiger partial charge in [-0.15, -0.1) is 0 Å². The Bertz CT molecular complexity index is 116. The van der Waals surface area contributed by atoms with Crippen LogP contribution in [0.3, 0.4) is 0 Å². The second kappa shape index (κ2) is 4.38. The molecule has 10 heavy (non-hydrogen) atoms. The van der Waals surface area contributed by atoms with Crippen molar-refractivity contribution in [2.24, 2.45) is 11.5 Å². The quantitative estimate of drug-likeness (QED) is 0.455. The topological polar surface area (TPSA) is 89.3 Å². The highest BCUT2D eigenvalue weighted by molar-refractivity contribution is 5.81. The van der Waals surface area contributed by atoms with Crippen LogP contribution in [0.5, 0.6) is 0 Å². The number of carbonyl (C=O) groups excluding carboxylic acids is 1. The molecule has 0 aromatic carbocycles. The van der Waals surface area contributed by atoms with Gasteiger partial charge in [-0.25, -0.2) is 0 Å². The summed E-state index contributed by atoms with van der Waals surface area (Å²) in [4.78, 5) is 10.5. The first-order chi connectivity index (χ1) is 4.57. The van der Waals surface area contributed by atoms with E-state index in [1.165, 1.54) is 6.92 Å². The maximum absolute atomic E-state index is 10.5. The molecule has 0 aromatic rings. The lowest BCUT2D eigenvalue weighted by atomic mass is 10.1. The number of hydrogen-bond acceptors (Lipinski definition) is 4. The van der Waals surface area contributed by atoms with Gasteiger partial charge in [0.05, 0.1) is 12.1 Å². The van der Waals surface area contributed by atoms with Gasteiger partial charge < -0.3 is 16.6 Å². The molecule has 0 rings (SSSR count). The average Bonchev–Trinajstić information content (AvgIpc) is 1.87. The van der Waals surface area contributed by atoms with E-state index in [9.17, 15) is 4.79 Å². The monoisotopic (exact) mass is 146 g/mol. The molecule has 0 saturated heterocycles. The Labute approximate surface area is 60.2 Å². The Hall–Kier alpha value is -0.450. The molecule has 2 atom stereocenters. The van der Waals surface area contributed by atoms with E-state index in [4.69, 9.17) is 16.6 Å². The van der Waals surface area contributed by atoms with E-state index in [1.54, 1.807) is 0 Å². The molecule has 5 N–H and O–H groups in total. The highest BCUT2D eigenvalue weighted by Gasteiger charge is 2.12. The van der Waals surface area contributed by atoms with E-state index >= 15 is 0 Å². The lowest BCUT2D eigenvalue weighted by Crippen LogP contribution is -2.35. The van der Waals surface area contributed by atoms with Gasteiger partial charge in [0.2, 0.25) is 0 Å². The second-order valence-electron chi connectivity index (χ2n) is 2.34. The molecule has 0 aliphatic rings. The van der Waals surface area contributed by atoms with Crippen LogP contribution in [0.2, 0.25) is 0 Å². The van der Waals surface area contributed by atoms with E-state index in [-0.39, 0.29) is 18.7 Å². The third kappa shape index (κ3) is 3.55. The van der Waals surface area contributed by atoms with Gasteiger partial charge in [-0.2, -0.15) is 0 Å². The smallest absolute Gasteiger partial charge is 0.146 e. The predicted molar refractivity (Wildman–Crippen MR) is 38.3 cm³/mol. The zero-order chi connectivity index (χ0) is 8.15. The highest BCUT2D eigenvalue weighted by Crippen LogP contribution is 1.94. The predicted octanol–water partition coefficient (Wildman–Crippen LogP) is -1.39. The summed E-state index contributed by atoms with van der Waals surface area (Å²) in [6, 6.07) is -0.571. The van der Waals surface area contributed by atoms with E-state index < -0.39 is 12.1 Å². The Kier molecular flexibility index (Phi) is 4.18. The van der Waals surface area contributed by atoms with Crippen molar-refractivity contribution < 1.29 is 9.90 Å². The molecule has 4 heteroatoms.